The number of aryl methyl sites for hydroxylation is 2. The molecule has 0 heterocycles. The molecule has 0 unspecified atom stereocenters. The van der Waals surface area contributed by atoms with Crippen molar-refractivity contribution in [2.45, 2.75) is 32.4 Å². The van der Waals surface area contributed by atoms with Crippen LogP contribution in [0.25, 0.3) is 0 Å². The molecule has 0 radical (unpaired) electrons. The number of nitrogens with one attached hydrogen (secondary N) is 1. The minimum absolute atomic E-state index is 0.252. The lowest BCUT2D eigenvalue weighted by molar-refractivity contribution is 0.0404. The lowest BCUT2D eigenvalue weighted by atomic mass is 9.80. The largest absolute Gasteiger partial charge is 0.497 e. The van der Waals surface area contributed by atoms with E-state index >= 15 is 0 Å². The number of amides is 1. The van der Waals surface area contributed by atoms with Crippen molar-refractivity contribution in [3.05, 3.63) is 101 Å². The molecule has 0 aromatic heterocycles. The summed E-state index contributed by atoms with van der Waals surface area (Å²) < 4.78 is 5.15. The molecule has 3 aromatic carbocycles. The van der Waals surface area contributed by atoms with Crippen molar-refractivity contribution in [3.63, 3.8) is 0 Å². The van der Waals surface area contributed by atoms with E-state index in [1.165, 1.54) is 0 Å². The molecule has 4 nitrogen and oxygen atoms in total. The standard InChI is InChI=1S/C25H27NO3/c1-17-5-11-21(12-6-17)25(28,22-13-7-18(2)8-14-22)19(3)26-24(27)20-9-15-23(29-4)16-10-20/h5-16,19,28H,1-4H3,(H,26,27)/t19-/m0/s1. The molecule has 0 aliphatic rings. The van der Waals surface area contributed by atoms with Crippen molar-refractivity contribution in [2.75, 3.05) is 7.11 Å². The number of ether oxygens (including phenoxy) is 1. The zero-order chi connectivity index (χ0) is 21.0. The number of methoxy groups -OCH3 is 1. The van der Waals surface area contributed by atoms with E-state index in [0.29, 0.717) is 11.3 Å². The quantitative estimate of drug-likeness (QED) is 0.658. The molecule has 0 spiro atoms. The van der Waals surface area contributed by atoms with Crippen molar-refractivity contribution in [2.24, 2.45) is 0 Å². The number of aliphatic hydroxyl groups is 1. The summed E-state index contributed by atoms with van der Waals surface area (Å²) in [4.78, 5) is 12.8. The van der Waals surface area contributed by atoms with Gasteiger partial charge >= 0.3 is 0 Å². The highest BCUT2D eigenvalue weighted by Gasteiger charge is 2.38. The molecule has 1 atom stereocenters. The Morgan fingerprint density at radius 2 is 1.31 bits per heavy atom. The Hall–Kier alpha value is -3.11. The second kappa shape index (κ2) is 8.50. The van der Waals surface area contributed by atoms with Gasteiger partial charge in [0.05, 0.1) is 13.2 Å². The highest BCUT2D eigenvalue weighted by molar-refractivity contribution is 5.94. The molecule has 3 aromatic rings. The average molecular weight is 389 g/mol. The summed E-state index contributed by atoms with van der Waals surface area (Å²) in [7, 11) is 1.58. The Kier molecular flexibility index (Phi) is 6.04. The lowest BCUT2D eigenvalue weighted by Crippen LogP contribution is -2.49. The summed E-state index contributed by atoms with van der Waals surface area (Å²) in [6, 6.07) is 21.8. The Morgan fingerprint density at radius 1 is 0.862 bits per heavy atom. The highest BCUT2D eigenvalue weighted by Crippen LogP contribution is 2.33. The van der Waals surface area contributed by atoms with E-state index in [2.05, 4.69) is 5.32 Å². The summed E-state index contributed by atoms with van der Waals surface area (Å²) in [6.45, 7) is 5.83. The van der Waals surface area contributed by atoms with Crippen molar-refractivity contribution >= 4 is 5.91 Å². The van der Waals surface area contributed by atoms with Crippen molar-refractivity contribution < 1.29 is 14.6 Å². The van der Waals surface area contributed by atoms with Gasteiger partial charge in [-0.2, -0.15) is 0 Å². The fourth-order valence-electron chi connectivity index (χ4n) is 3.41. The predicted octanol–water partition coefficient (Wildman–Crippen LogP) is 4.37. The molecule has 0 saturated heterocycles. The van der Waals surface area contributed by atoms with Crippen molar-refractivity contribution in [1.29, 1.82) is 0 Å². The first kappa shape index (κ1) is 20.6. The summed E-state index contributed by atoms with van der Waals surface area (Å²) in [5.41, 5.74) is 2.81. The van der Waals surface area contributed by atoms with Crippen LogP contribution in [0.2, 0.25) is 0 Å². The molecule has 0 aliphatic heterocycles. The van der Waals surface area contributed by atoms with Crippen LogP contribution in [0.5, 0.6) is 5.75 Å². The van der Waals surface area contributed by atoms with E-state index in [-0.39, 0.29) is 5.91 Å². The molecule has 0 aliphatic carbocycles. The van der Waals surface area contributed by atoms with Gasteiger partial charge in [0.15, 0.2) is 0 Å². The average Bonchev–Trinajstić information content (AvgIpc) is 2.74. The van der Waals surface area contributed by atoms with E-state index in [9.17, 15) is 9.90 Å². The summed E-state index contributed by atoms with van der Waals surface area (Å²) in [5, 5.41) is 14.8. The van der Waals surface area contributed by atoms with Crippen LogP contribution in [0.4, 0.5) is 0 Å². The van der Waals surface area contributed by atoms with Crippen molar-refractivity contribution in [1.82, 2.24) is 5.32 Å². The minimum atomic E-state index is -1.37. The van der Waals surface area contributed by atoms with E-state index in [4.69, 9.17) is 4.74 Å². The molecular weight excluding hydrogens is 362 g/mol. The lowest BCUT2D eigenvalue weighted by Gasteiger charge is -2.36. The minimum Gasteiger partial charge on any atom is -0.497 e. The van der Waals surface area contributed by atoms with Gasteiger partial charge in [-0.3, -0.25) is 4.79 Å². The van der Waals surface area contributed by atoms with Crippen LogP contribution < -0.4 is 10.1 Å². The third-order valence-electron chi connectivity index (χ3n) is 5.31. The van der Waals surface area contributed by atoms with Gasteiger partial charge in [0.1, 0.15) is 11.4 Å². The summed E-state index contributed by atoms with van der Waals surface area (Å²) in [6.07, 6.45) is 0. The fourth-order valence-corrected chi connectivity index (χ4v) is 3.41. The maximum atomic E-state index is 12.8. The number of hydrogen-bond donors (Lipinski definition) is 2. The Morgan fingerprint density at radius 3 is 1.72 bits per heavy atom. The maximum Gasteiger partial charge on any atom is 0.251 e. The maximum absolute atomic E-state index is 12.8. The third kappa shape index (κ3) is 4.33. The second-order valence-electron chi connectivity index (χ2n) is 7.42. The van der Waals surface area contributed by atoms with E-state index < -0.39 is 11.6 Å². The van der Waals surface area contributed by atoms with Gasteiger partial charge in [-0.1, -0.05) is 59.7 Å². The molecule has 3 rings (SSSR count). The topological polar surface area (TPSA) is 58.6 Å². The Balaban J connectivity index is 1.95. The van der Waals surface area contributed by atoms with Crippen LogP contribution in [-0.2, 0) is 5.60 Å². The summed E-state index contributed by atoms with van der Waals surface area (Å²) in [5.74, 6) is 0.434. The predicted molar refractivity (Wildman–Crippen MR) is 115 cm³/mol. The number of rotatable bonds is 6. The molecule has 2 N–H and O–H groups in total. The molecule has 150 valence electrons. The first-order chi connectivity index (χ1) is 13.8. The van der Waals surface area contributed by atoms with Gasteiger partial charge in [0.2, 0.25) is 0 Å². The SMILES string of the molecule is COc1ccc(C(=O)N[C@@H](C)C(O)(c2ccc(C)cc2)c2ccc(C)cc2)cc1. The number of hydrogen-bond acceptors (Lipinski definition) is 3. The van der Waals surface area contributed by atoms with Crippen LogP contribution in [-0.4, -0.2) is 24.2 Å². The first-order valence-corrected chi connectivity index (χ1v) is 9.66. The molecule has 1 amide bonds. The monoisotopic (exact) mass is 389 g/mol. The molecule has 0 fully saturated rings. The van der Waals surface area contributed by atoms with Gasteiger partial charge in [-0.15, -0.1) is 0 Å². The molecule has 29 heavy (non-hydrogen) atoms. The smallest absolute Gasteiger partial charge is 0.251 e. The Bertz CT molecular complexity index is 915. The van der Waals surface area contributed by atoms with Crippen LogP contribution in [0.3, 0.4) is 0 Å². The number of carbonyl (C=O) groups excluding carboxylic acids is 1. The molecule has 4 heteroatoms. The van der Waals surface area contributed by atoms with E-state index in [1.807, 2.05) is 69.3 Å². The fraction of sp³-hybridized carbons (Fsp3) is 0.240. The van der Waals surface area contributed by atoms with Gasteiger partial charge < -0.3 is 15.2 Å². The number of carbonyl (C=O) groups is 1. The second-order valence-corrected chi connectivity index (χ2v) is 7.42. The van der Waals surface area contributed by atoms with E-state index in [0.717, 1.165) is 22.3 Å². The normalized spacial score (nSPS) is 12.3. The molecule has 0 saturated carbocycles. The van der Waals surface area contributed by atoms with Gasteiger partial charge in [-0.05, 0) is 56.2 Å². The van der Waals surface area contributed by atoms with Crippen LogP contribution in [0.15, 0.2) is 72.8 Å². The zero-order valence-electron chi connectivity index (χ0n) is 17.3. The van der Waals surface area contributed by atoms with Crippen LogP contribution >= 0.6 is 0 Å². The van der Waals surface area contributed by atoms with Gasteiger partial charge in [0.25, 0.3) is 5.91 Å². The van der Waals surface area contributed by atoms with E-state index in [1.54, 1.807) is 31.4 Å². The van der Waals surface area contributed by atoms with Crippen LogP contribution in [0.1, 0.15) is 39.5 Å². The third-order valence-corrected chi connectivity index (χ3v) is 5.31. The van der Waals surface area contributed by atoms with Crippen molar-refractivity contribution in [3.8, 4) is 5.75 Å². The molecule has 0 bridgehead atoms. The summed E-state index contributed by atoms with van der Waals surface area (Å²) >= 11 is 0. The van der Waals surface area contributed by atoms with Gasteiger partial charge in [-0.25, -0.2) is 0 Å². The van der Waals surface area contributed by atoms with Gasteiger partial charge in [0, 0.05) is 5.56 Å². The first-order valence-electron chi connectivity index (χ1n) is 9.66. The zero-order valence-corrected chi connectivity index (χ0v) is 17.3. The molecular formula is C25H27NO3. The Labute approximate surface area is 172 Å². The number of benzene rings is 3. The highest BCUT2D eigenvalue weighted by atomic mass is 16.5. The van der Waals surface area contributed by atoms with Crippen LogP contribution in [0, 0.1) is 13.8 Å².